The highest BCUT2D eigenvalue weighted by Crippen LogP contribution is 2.30. The van der Waals surface area contributed by atoms with Crippen molar-refractivity contribution in [3.8, 4) is 5.19 Å². The maximum absolute atomic E-state index is 13.3. The molecule has 1 amide bonds. The molecule has 8 heteroatoms. The van der Waals surface area contributed by atoms with Gasteiger partial charge in [0, 0.05) is 41.5 Å². The Balaban J connectivity index is 1.38. The lowest BCUT2D eigenvalue weighted by Crippen LogP contribution is -2.41. The van der Waals surface area contributed by atoms with E-state index in [0.717, 1.165) is 10.2 Å². The zero-order valence-corrected chi connectivity index (χ0v) is 16.5. The van der Waals surface area contributed by atoms with Gasteiger partial charge in [-0.15, -0.1) is 0 Å². The number of aromatic nitrogens is 1. The van der Waals surface area contributed by atoms with Crippen molar-refractivity contribution in [3.63, 3.8) is 0 Å². The number of fused-ring (bicyclic) bond motifs is 1. The van der Waals surface area contributed by atoms with E-state index in [0.29, 0.717) is 46.7 Å². The molecule has 2 aromatic carbocycles. The van der Waals surface area contributed by atoms with Crippen LogP contribution in [0.5, 0.6) is 5.19 Å². The van der Waals surface area contributed by atoms with E-state index >= 15 is 0 Å². The Bertz CT molecular complexity index is 982. The first kappa shape index (κ1) is 18.5. The summed E-state index contributed by atoms with van der Waals surface area (Å²) in [4.78, 5) is 18.8. The molecule has 2 heterocycles. The number of hydrogen-bond acceptors (Lipinski definition) is 4. The highest BCUT2D eigenvalue weighted by Gasteiger charge is 2.26. The minimum Gasteiger partial charge on any atom is -0.467 e. The minimum atomic E-state index is -0.286. The van der Waals surface area contributed by atoms with E-state index in [2.05, 4.69) is 4.98 Å². The second-order valence-corrected chi connectivity index (χ2v) is 8.23. The molecule has 1 aromatic heterocycles. The average molecular weight is 425 g/mol. The number of benzene rings is 2. The van der Waals surface area contributed by atoms with Crippen molar-refractivity contribution >= 4 is 50.7 Å². The number of thiazole rings is 1. The van der Waals surface area contributed by atoms with E-state index in [4.69, 9.17) is 27.9 Å². The van der Waals surface area contributed by atoms with E-state index in [1.165, 1.54) is 23.5 Å². The molecule has 0 atom stereocenters. The van der Waals surface area contributed by atoms with E-state index in [1.807, 2.05) is 0 Å². The summed E-state index contributed by atoms with van der Waals surface area (Å²) in [5.41, 5.74) is 1.21. The van der Waals surface area contributed by atoms with Crippen LogP contribution in [0.25, 0.3) is 10.2 Å². The summed E-state index contributed by atoms with van der Waals surface area (Å²) in [6, 6.07) is 9.34. The van der Waals surface area contributed by atoms with Crippen molar-refractivity contribution < 1.29 is 13.9 Å². The fourth-order valence-electron chi connectivity index (χ4n) is 3.11. The fraction of sp³-hybridized carbons (Fsp3) is 0.263. The molecule has 140 valence electrons. The molecule has 0 bridgehead atoms. The zero-order valence-electron chi connectivity index (χ0n) is 14.1. The predicted molar refractivity (Wildman–Crippen MR) is 106 cm³/mol. The normalized spacial score (nSPS) is 15.3. The number of rotatable bonds is 3. The first-order chi connectivity index (χ1) is 13.0. The van der Waals surface area contributed by atoms with Crippen LogP contribution in [0.4, 0.5) is 4.39 Å². The summed E-state index contributed by atoms with van der Waals surface area (Å²) in [6.07, 6.45) is 1.37. The smallest absolute Gasteiger partial charge is 0.274 e. The van der Waals surface area contributed by atoms with Gasteiger partial charge in [0.15, 0.2) is 0 Å². The third-order valence-electron chi connectivity index (χ3n) is 4.44. The van der Waals surface area contributed by atoms with Gasteiger partial charge in [0.25, 0.3) is 11.1 Å². The molecule has 1 saturated heterocycles. The predicted octanol–water partition coefficient (Wildman–Crippen LogP) is 5.43. The summed E-state index contributed by atoms with van der Waals surface area (Å²) in [6.45, 7) is 1.15. The van der Waals surface area contributed by atoms with Gasteiger partial charge in [-0.1, -0.05) is 34.5 Å². The van der Waals surface area contributed by atoms with Crippen molar-refractivity contribution in [1.82, 2.24) is 9.88 Å². The van der Waals surface area contributed by atoms with Crippen molar-refractivity contribution in [1.29, 1.82) is 0 Å². The summed E-state index contributed by atoms with van der Waals surface area (Å²) < 4.78 is 20.0. The van der Waals surface area contributed by atoms with Crippen LogP contribution in [0.15, 0.2) is 36.4 Å². The summed E-state index contributed by atoms with van der Waals surface area (Å²) in [5.74, 6) is -0.376. The molecule has 27 heavy (non-hydrogen) atoms. The van der Waals surface area contributed by atoms with Crippen LogP contribution in [0, 0.1) is 5.82 Å². The molecule has 0 unspecified atom stereocenters. The Kier molecular flexibility index (Phi) is 5.21. The molecule has 0 spiro atoms. The topological polar surface area (TPSA) is 42.4 Å². The van der Waals surface area contributed by atoms with Gasteiger partial charge in [-0.05, 0) is 36.4 Å². The number of amides is 1. The first-order valence-corrected chi connectivity index (χ1v) is 10.0. The van der Waals surface area contributed by atoms with Gasteiger partial charge in [-0.3, -0.25) is 4.79 Å². The Morgan fingerprint density at radius 3 is 2.56 bits per heavy atom. The zero-order chi connectivity index (χ0) is 19.0. The van der Waals surface area contributed by atoms with Crippen LogP contribution in [0.3, 0.4) is 0 Å². The standard InChI is InChI=1S/C19H15Cl2FN2O2S/c20-12-7-11(8-13(21)9-12)18(25)24-5-3-15(4-6-24)26-19-23-16-2-1-14(22)10-17(16)27-19/h1-2,7-10,15H,3-6H2. The lowest BCUT2D eigenvalue weighted by Gasteiger charge is -2.31. The van der Waals surface area contributed by atoms with Crippen molar-refractivity contribution in [2.24, 2.45) is 0 Å². The second kappa shape index (κ2) is 7.62. The number of hydrogen-bond donors (Lipinski definition) is 0. The molecule has 1 fully saturated rings. The summed E-state index contributed by atoms with van der Waals surface area (Å²) >= 11 is 13.3. The molecule has 0 saturated carbocycles. The Labute approximate surface area is 169 Å². The molecular weight excluding hydrogens is 410 g/mol. The molecule has 0 radical (unpaired) electrons. The SMILES string of the molecule is O=C(c1cc(Cl)cc(Cl)c1)N1CCC(Oc2nc3ccc(F)cc3s2)CC1. The third kappa shape index (κ3) is 4.18. The van der Waals surface area contributed by atoms with Crippen molar-refractivity contribution in [3.05, 3.63) is 57.8 Å². The number of piperidine rings is 1. The largest absolute Gasteiger partial charge is 0.467 e. The molecule has 1 aliphatic heterocycles. The Morgan fingerprint density at radius 1 is 1.15 bits per heavy atom. The van der Waals surface area contributed by atoms with Crippen LogP contribution in [0.1, 0.15) is 23.2 Å². The van der Waals surface area contributed by atoms with E-state index < -0.39 is 0 Å². The lowest BCUT2D eigenvalue weighted by molar-refractivity contribution is 0.0595. The number of likely N-dealkylation sites (tertiary alicyclic amines) is 1. The fourth-order valence-corrected chi connectivity index (χ4v) is 4.54. The molecule has 4 nitrogen and oxygen atoms in total. The van der Waals surface area contributed by atoms with Crippen LogP contribution in [0.2, 0.25) is 10.0 Å². The maximum Gasteiger partial charge on any atom is 0.274 e. The number of nitrogens with zero attached hydrogens (tertiary/aromatic N) is 2. The molecule has 0 N–H and O–H groups in total. The highest BCUT2D eigenvalue weighted by atomic mass is 35.5. The van der Waals surface area contributed by atoms with Gasteiger partial charge in [-0.2, -0.15) is 0 Å². The molecular formula is C19H15Cl2FN2O2S. The van der Waals surface area contributed by atoms with E-state index in [1.54, 1.807) is 29.2 Å². The van der Waals surface area contributed by atoms with Crippen LogP contribution >= 0.6 is 34.5 Å². The van der Waals surface area contributed by atoms with Crippen molar-refractivity contribution in [2.75, 3.05) is 13.1 Å². The number of carbonyl (C=O) groups is 1. The summed E-state index contributed by atoms with van der Waals surface area (Å²) in [7, 11) is 0. The number of halogens is 3. The Hall–Kier alpha value is -1.89. The van der Waals surface area contributed by atoms with E-state index in [-0.39, 0.29) is 17.8 Å². The van der Waals surface area contributed by atoms with E-state index in [9.17, 15) is 9.18 Å². The summed E-state index contributed by atoms with van der Waals surface area (Å²) in [5, 5.41) is 1.41. The van der Waals surface area contributed by atoms with Crippen molar-refractivity contribution in [2.45, 2.75) is 18.9 Å². The molecule has 3 aromatic rings. The quantitative estimate of drug-likeness (QED) is 0.563. The average Bonchev–Trinajstić information content (AvgIpc) is 3.02. The lowest BCUT2D eigenvalue weighted by atomic mass is 10.1. The Morgan fingerprint density at radius 2 is 1.85 bits per heavy atom. The van der Waals surface area contributed by atoms with Gasteiger partial charge in [0.05, 0.1) is 10.2 Å². The third-order valence-corrected chi connectivity index (χ3v) is 5.78. The van der Waals surface area contributed by atoms with Gasteiger partial charge in [0.2, 0.25) is 0 Å². The molecule has 0 aliphatic carbocycles. The van der Waals surface area contributed by atoms with Gasteiger partial charge >= 0.3 is 0 Å². The number of carbonyl (C=O) groups excluding carboxylic acids is 1. The van der Waals surface area contributed by atoms with Crippen LogP contribution in [-0.4, -0.2) is 35.0 Å². The second-order valence-electron chi connectivity index (χ2n) is 6.36. The number of ether oxygens (including phenoxy) is 1. The molecule has 1 aliphatic rings. The van der Waals surface area contributed by atoms with Gasteiger partial charge in [-0.25, -0.2) is 9.37 Å². The van der Waals surface area contributed by atoms with Gasteiger partial charge in [0.1, 0.15) is 11.9 Å². The highest BCUT2D eigenvalue weighted by molar-refractivity contribution is 7.20. The van der Waals surface area contributed by atoms with Gasteiger partial charge < -0.3 is 9.64 Å². The monoisotopic (exact) mass is 424 g/mol. The molecule has 4 rings (SSSR count). The maximum atomic E-state index is 13.3. The van der Waals surface area contributed by atoms with Crippen LogP contribution < -0.4 is 4.74 Å². The van der Waals surface area contributed by atoms with Crippen LogP contribution in [-0.2, 0) is 0 Å². The first-order valence-electron chi connectivity index (χ1n) is 8.46. The minimum absolute atomic E-state index is 0.0255.